The van der Waals surface area contributed by atoms with Crippen LogP contribution in [-0.2, 0) is 13.0 Å². The molecule has 0 aliphatic heterocycles. The van der Waals surface area contributed by atoms with Gasteiger partial charge in [-0.05, 0) is 41.8 Å². The van der Waals surface area contributed by atoms with Gasteiger partial charge in [0.2, 0.25) is 5.95 Å². The number of halogens is 1. The molecule has 0 aliphatic rings. The summed E-state index contributed by atoms with van der Waals surface area (Å²) in [6.07, 6.45) is 7.04. The van der Waals surface area contributed by atoms with Gasteiger partial charge in [-0.1, -0.05) is 12.1 Å². The Kier molecular flexibility index (Phi) is 5.82. The number of rotatable bonds is 7. The molecule has 3 aromatic rings. The smallest absolute Gasteiger partial charge is 0.254 e. The summed E-state index contributed by atoms with van der Waals surface area (Å²) in [5, 5.41) is 5.88. The van der Waals surface area contributed by atoms with Crippen molar-refractivity contribution >= 4 is 11.9 Å². The SMILES string of the molecule is O=C(NCc1ccncc1)c1cnc(NCCc2ccc(F)cc2)nc1. The highest BCUT2D eigenvalue weighted by Crippen LogP contribution is 2.05. The maximum Gasteiger partial charge on any atom is 0.254 e. The van der Waals surface area contributed by atoms with Crippen LogP contribution in [0.2, 0.25) is 0 Å². The lowest BCUT2D eigenvalue weighted by molar-refractivity contribution is 0.0950. The van der Waals surface area contributed by atoms with Crippen LogP contribution in [-0.4, -0.2) is 27.4 Å². The van der Waals surface area contributed by atoms with E-state index in [-0.39, 0.29) is 11.7 Å². The fourth-order valence-corrected chi connectivity index (χ4v) is 2.29. The molecular formula is C19H18FN5O. The third-order valence-electron chi connectivity index (χ3n) is 3.73. The number of aromatic nitrogens is 3. The van der Waals surface area contributed by atoms with Gasteiger partial charge in [-0.25, -0.2) is 14.4 Å². The first kappa shape index (κ1) is 17.5. The van der Waals surface area contributed by atoms with Crippen LogP contribution in [0.25, 0.3) is 0 Å². The minimum absolute atomic E-state index is 0.236. The number of carbonyl (C=O) groups excluding carboxylic acids is 1. The molecule has 3 rings (SSSR count). The second-order valence-electron chi connectivity index (χ2n) is 5.64. The summed E-state index contributed by atoms with van der Waals surface area (Å²) >= 11 is 0. The Balaban J connectivity index is 1.46. The molecule has 0 aliphatic carbocycles. The van der Waals surface area contributed by atoms with Crippen molar-refractivity contribution in [3.8, 4) is 0 Å². The predicted octanol–water partition coefficient (Wildman–Crippen LogP) is 2.60. The average molecular weight is 351 g/mol. The van der Waals surface area contributed by atoms with E-state index in [9.17, 15) is 9.18 Å². The van der Waals surface area contributed by atoms with Crippen molar-refractivity contribution < 1.29 is 9.18 Å². The van der Waals surface area contributed by atoms with Crippen LogP contribution in [0.1, 0.15) is 21.5 Å². The quantitative estimate of drug-likeness (QED) is 0.684. The summed E-state index contributed by atoms with van der Waals surface area (Å²) in [6, 6.07) is 10.0. The Hall–Kier alpha value is -3.35. The second kappa shape index (κ2) is 8.66. The predicted molar refractivity (Wildman–Crippen MR) is 96.0 cm³/mol. The molecule has 1 aromatic carbocycles. The van der Waals surface area contributed by atoms with Gasteiger partial charge in [0, 0.05) is 37.9 Å². The Morgan fingerprint density at radius 2 is 1.65 bits per heavy atom. The zero-order chi connectivity index (χ0) is 18.2. The number of nitrogens with one attached hydrogen (secondary N) is 2. The molecule has 7 heteroatoms. The van der Waals surface area contributed by atoms with E-state index in [0.717, 1.165) is 17.5 Å². The molecule has 1 amide bonds. The molecule has 0 unspecified atom stereocenters. The normalized spacial score (nSPS) is 10.3. The summed E-state index contributed by atoms with van der Waals surface area (Å²) < 4.78 is 12.9. The van der Waals surface area contributed by atoms with E-state index in [4.69, 9.17) is 0 Å². The van der Waals surface area contributed by atoms with E-state index in [0.29, 0.717) is 24.6 Å². The lowest BCUT2D eigenvalue weighted by Gasteiger charge is -2.07. The van der Waals surface area contributed by atoms with E-state index in [1.54, 1.807) is 24.5 Å². The molecule has 0 spiro atoms. The highest BCUT2D eigenvalue weighted by atomic mass is 19.1. The van der Waals surface area contributed by atoms with Gasteiger partial charge in [-0.3, -0.25) is 9.78 Å². The van der Waals surface area contributed by atoms with Crippen LogP contribution in [0.3, 0.4) is 0 Å². The summed E-state index contributed by atoms with van der Waals surface area (Å²) in [5.74, 6) is -0.0414. The van der Waals surface area contributed by atoms with Gasteiger partial charge >= 0.3 is 0 Å². The largest absolute Gasteiger partial charge is 0.354 e. The lowest BCUT2D eigenvalue weighted by atomic mass is 10.1. The first-order chi connectivity index (χ1) is 12.7. The topological polar surface area (TPSA) is 79.8 Å². The molecule has 132 valence electrons. The van der Waals surface area contributed by atoms with Gasteiger partial charge in [0.25, 0.3) is 5.91 Å². The zero-order valence-corrected chi connectivity index (χ0v) is 14.0. The fourth-order valence-electron chi connectivity index (χ4n) is 2.29. The van der Waals surface area contributed by atoms with Gasteiger partial charge in [0.05, 0.1) is 5.56 Å². The Labute approximate surface area is 150 Å². The number of benzene rings is 1. The molecule has 0 atom stereocenters. The van der Waals surface area contributed by atoms with Gasteiger partial charge < -0.3 is 10.6 Å². The molecule has 2 N–H and O–H groups in total. The molecule has 2 aromatic heterocycles. The molecule has 0 saturated carbocycles. The number of amides is 1. The van der Waals surface area contributed by atoms with E-state index < -0.39 is 0 Å². The minimum atomic E-state index is -0.247. The van der Waals surface area contributed by atoms with Crippen molar-refractivity contribution in [3.05, 3.63) is 83.7 Å². The van der Waals surface area contributed by atoms with Crippen LogP contribution in [0.15, 0.2) is 61.2 Å². The summed E-state index contributed by atoms with van der Waals surface area (Å²) in [7, 11) is 0. The van der Waals surface area contributed by atoms with Crippen LogP contribution < -0.4 is 10.6 Å². The number of pyridine rings is 1. The van der Waals surface area contributed by atoms with E-state index in [1.807, 2.05) is 12.1 Å². The average Bonchev–Trinajstić information content (AvgIpc) is 2.69. The van der Waals surface area contributed by atoms with Gasteiger partial charge in [-0.15, -0.1) is 0 Å². The van der Waals surface area contributed by atoms with Crippen LogP contribution in [0.4, 0.5) is 10.3 Å². The van der Waals surface area contributed by atoms with Crippen LogP contribution >= 0.6 is 0 Å². The molecular weight excluding hydrogens is 333 g/mol. The Bertz CT molecular complexity index is 838. The maximum absolute atomic E-state index is 12.9. The molecule has 2 heterocycles. The maximum atomic E-state index is 12.9. The van der Waals surface area contributed by atoms with E-state index in [2.05, 4.69) is 25.6 Å². The molecule has 0 saturated heterocycles. The van der Waals surface area contributed by atoms with Gasteiger partial charge in [-0.2, -0.15) is 0 Å². The molecule has 0 bridgehead atoms. The highest BCUT2D eigenvalue weighted by molar-refractivity contribution is 5.93. The number of hydrogen-bond donors (Lipinski definition) is 2. The van der Waals surface area contributed by atoms with Crippen molar-refractivity contribution in [1.29, 1.82) is 0 Å². The van der Waals surface area contributed by atoms with Gasteiger partial charge in [0.15, 0.2) is 0 Å². The summed E-state index contributed by atoms with van der Waals surface area (Å²) in [4.78, 5) is 24.3. The Morgan fingerprint density at radius 1 is 0.962 bits per heavy atom. The highest BCUT2D eigenvalue weighted by Gasteiger charge is 2.07. The second-order valence-corrected chi connectivity index (χ2v) is 5.64. The number of hydrogen-bond acceptors (Lipinski definition) is 5. The number of anilines is 1. The summed E-state index contributed by atoms with van der Waals surface area (Å²) in [5.41, 5.74) is 2.38. The number of carbonyl (C=O) groups is 1. The molecule has 0 fully saturated rings. The zero-order valence-electron chi connectivity index (χ0n) is 14.0. The third-order valence-corrected chi connectivity index (χ3v) is 3.73. The Morgan fingerprint density at radius 3 is 2.35 bits per heavy atom. The standard InChI is InChI=1S/C19H18FN5O/c20-17-3-1-14(2-4-17)7-10-22-19-24-12-16(13-25-19)18(26)23-11-15-5-8-21-9-6-15/h1-6,8-9,12-13H,7,10-11H2,(H,23,26)(H,22,24,25). The van der Waals surface area contributed by atoms with E-state index >= 15 is 0 Å². The first-order valence-corrected chi connectivity index (χ1v) is 8.18. The molecule has 0 radical (unpaired) electrons. The number of nitrogens with zero attached hydrogens (tertiary/aromatic N) is 3. The van der Waals surface area contributed by atoms with Crippen molar-refractivity contribution in [2.24, 2.45) is 0 Å². The van der Waals surface area contributed by atoms with Gasteiger partial charge in [0.1, 0.15) is 5.82 Å². The fraction of sp³-hybridized carbons (Fsp3) is 0.158. The molecule has 26 heavy (non-hydrogen) atoms. The lowest BCUT2D eigenvalue weighted by Crippen LogP contribution is -2.23. The monoisotopic (exact) mass is 351 g/mol. The van der Waals surface area contributed by atoms with E-state index in [1.165, 1.54) is 24.5 Å². The van der Waals surface area contributed by atoms with Crippen LogP contribution in [0, 0.1) is 5.82 Å². The summed E-state index contributed by atoms with van der Waals surface area (Å²) in [6.45, 7) is 1.03. The van der Waals surface area contributed by atoms with Crippen molar-refractivity contribution in [2.45, 2.75) is 13.0 Å². The third kappa shape index (κ3) is 5.07. The first-order valence-electron chi connectivity index (χ1n) is 8.18. The van der Waals surface area contributed by atoms with Crippen molar-refractivity contribution in [1.82, 2.24) is 20.3 Å². The van der Waals surface area contributed by atoms with Crippen LogP contribution in [0.5, 0.6) is 0 Å². The molecule has 6 nitrogen and oxygen atoms in total. The van der Waals surface area contributed by atoms with Crippen molar-refractivity contribution in [2.75, 3.05) is 11.9 Å². The minimum Gasteiger partial charge on any atom is -0.354 e. The van der Waals surface area contributed by atoms with Crippen molar-refractivity contribution in [3.63, 3.8) is 0 Å².